The summed E-state index contributed by atoms with van der Waals surface area (Å²) in [6.07, 6.45) is 4.31. The minimum Gasteiger partial charge on any atom is -0.389 e. The standard InChI is InChI=1S/C14H18N4OS/c1-10(19)12-8-4-5-9-13(12)20-14-15-16-17-18(14)11-6-2-3-7-11/h4-5,8-11,19H,2-3,6-7H2,1H3/t10-/m1/s1. The van der Waals surface area contributed by atoms with E-state index < -0.39 is 6.10 Å². The second-order valence-electron chi connectivity index (χ2n) is 5.16. The first-order chi connectivity index (χ1) is 9.75. The van der Waals surface area contributed by atoms with E-state index in [0.29, 0.717) is 6.04 Å². The third kappa shape index (κ3) is 2.71. The SMILES string of the molecule is C[C@@H](O)c1ccccc1Sc1nnnn1C1CCCC1. The van der Waals surface area contributed by atoms with Crippen molar-refractivity contribution in [3.8, 4) is 0 Å². The molecule has 6 heteroatoms. The molecule has 1 aliphatic carbocycles. The van der Waals surface area contributed by atoms with Gasteiger partial charge in [-0.15, -0.1) is 5.10 Å². The fourth-order valence-corrected chi connectivity index (χ4v) is 3.70. The van der Waals surface area contributed by atoms with Crippen molar-refractivity contribution >= 4 is 11.8 Å². The van der Waals surface area contributed by atoms with Crippen LogP contribution in [-0.2, 0) is 0 Å². The Bertz CT molecular complexity index is 578. The van der Waals surface area contributed by atoms with Gasteiger partial charge >= 0.3 is 0 Å². The first kappa shape index (κ1) is 13.6. The number of benzene rings is 1. The number of aromatic nitrogens is 4. The molecule has 0 saturated heterocycles. The van der Waals surface area contributed by atoms with Crippen LogP contribution in [0.5, 0.6) is 0 Å². The number of tetrazole rings is 1. The molecule has 0 amide bonds. The van der Waals surface area contributed by atoms with Crippen LogP contribution in [0.2, 0.25) is 0 Å². The molecule has 1 atom stereocenters. The Labute approximate surface area is 122 Å². The van der Waals surface area contributed by atoms with Gasteiger partial charge in [-0.1, -0.05) is 31.0 Å². The van der Waals surface area contributed by atoms with Gasteiger partial charge in [-0.05, 0) is 53.6 Å². The van der Waals surface area contributed by atoms with Crippen molar-refractivity contribution in [1.29, 1.82) is 0 Å². The minimum absolute atomic E-state index is 0.422. The molecule has 0 bridgehead atoms. The van der Waals surface area contributed by atoms with Gasteiger partial charge in [0.2, 0.25) is 5.16 Å². The highest BCUT2D eigenvalue weighted by atomic mass is 32.2. The monoisotopic (exact) mass is 290 g/mol. The first-order valence-corrected chi connectivity index (χ1v) is 7.80. The molecule has 20 heavy (non-hydrogen) atoms. The third-order valence-electron chi connectivity index (χ3n) is 3.70. The van der Waals surface area contributed by atoms with E-state index in [4.69, 9.17) is 0 Å². The molecule has 2 aromatic rings. The Hall–Kier alpha value is -1.40. The fraction of sp³-hybridized carbons (Fsp3) is 0.500. The molecule has 5 nitrogen and oxygen atoms in total. The maximum absolute atomic E-state index is 9.84. The average Bonchev–Trinajstić information content (AvgIpc) is 3.09. The molecule has 0 radical (unpaired) electrons. The van der Waals surface area contributed by atoms with E-state index in [1.165, 1.54) is 24.6 Å². The summed E-state index contributed by atoms with van der Waals surface area (Å²) < 4.78 is 1.94. The van der Waals surface area contributed by atoms with E-state index in [9.17, 15) is 5.11 Å². The number of aliphatic hydroxyl groups is 1. The van der Waals surface area contributed by atoms with Crippen molar-refractivity contribution in [1.82, 2.24) is 20.2 Å². The largest absolute Gasteiger partial charge is 0.389 e. The van der Waals surface area contributed by atoms with Crippen LogP contribution in [0.15, 0.2) is 34.3 Å². The molecule has 1 aromatic heterocycles. The summed E-state index contributed by atoms with van der Waals surface area (Å²) >= 11 is 1.53. The summed E-state index contributed by atoms with van der Waals surface area (Å²) in [5.41, 5.74) is 0.915. The minimum atomic E-state index is -0.491. The lowest BCUT2D eigenvalue weighted by molar-refractivity contribution is 0.196. The van der Waals surface area contributed by atoms with Crippen LogP contribution in [-0.4, -0.2) is 25.3 Å². The molecule has 1 N–H and O–H groups in total. The lowest BCUT2D eigenvalue weighted by Gasteiger charge is -2.13. The predicted molar refractivity (Wildman–Crippen MR) is 76.5 cm³/mol. The van der Waals surface area contributed by atoms with Gasteiger partial charge in [0.15, 0.2) is 0 Å². The molecule has 1 aromatic carbocycles. The molecular formula is C14H18N4OS. The van der Waals surface area contributed by atoms with Gasteiger partial charge in [0.05, 0.1) is 12.1 Å². The summed E-state index contributed by atoms with van der Waals surface area (Å²) in [6.45, 7) is 1.78. The zero-order valence-corrected chi connectivity index (χ0v) is 12.3. The van der Waals surface area contributed by atoms with Crippen molar-refractivity contribution in [2.75, 3.05) is 0 Å². The molecular weight excluding hydrogens is 272 g/mol. The fourth-order valence-electron chi connectivity index (χ4n) is 2.65. The quantitative estimate of drug-likeness (QED) is 0.937. The normalized spacial score (nSPS) is 17.5. The van der Waals surface area contributed by atoms with Crippen LogP contribution >= 0.6 is 11.8 Å². The molecule has 1 fully saturated rings. The third-order valence-corrected chi connectivity index (χ3v) is 4.75. The summed E-state index contributed by atoms with van der Waals surface area (Å²) in [5, 5.41) is 22.8. The smallest absolute Gasteiger partial charge is 0.214 e. The van der Waals surface area contributed by atoms with E-state index in [1.54, 1.807) is 6.92 Å². The van der Waals surface area contributed by atoms with Crippen LogP contribution in [0, 0.1) is 0 Å². The summed E-state index contributed by atoms with van der Waals surface area (Å²) in [6, 6.07) is 8.27. The van der Waals surface area contributed by atoms with Crippen LogP contribution < -0.4 is 0 Å². The number of aliphatic hydroxyl groups excluding tert-OH is 1. The lowest BCUT2D eigenvalue weighted by atomic mass is 10.1. The molecule has 1 aliphatic rings. The Morgan fingerprint density at radius 1 is 1.30 bits per heavy atom. The zero-order valence-electron chi connectivity index (χ0n) is 11.4. The van der Waals surface area contributed by atoms with Crippen molar-refractivity contribution in [2.24, 2.45) is 0 Å². The molecule has 1 saturated carbocycles. The van der Waals surface area contributed by atoms with Crippen molar-refractivity contribution in [2.45, 2.75) is 54.8 Å². The van der Waals surface area contributed by atoms with Crippen molar-refractivity contribution in [3.05, 3.63) is 29.8 Å². The number of rotatable bonds is 4. The van der Waals surface area contributed by atoms with Gasteiger partial charge in [-0.2, -0.15) is 0 Å². The van der Waals surface area contributed by atoms with Gasteiger partial charge in [0.25, 0.3) is 0 Å². The summed E-state index contributed by atoms with van der Waals surface area (Å²) in [4.78, 5) is 1.01. The highest BCUT2D eigenvalue weighted by Crippen LogP contribution is 2.36. The Morgan fingerprint density at radius 2 is 2.05 bits per heavy atom. The van der Waals surface area contributed by atoms with E-state index in [0.717, 1.165) is 28.5 Å². The molecule has 1 heterocycles. The molecule has 106 valence electrons. The van der Waals surface area contributed by atoms with E-state index in [2.05, 4.69) is 15.5 Å². The first-order valence-electron chi connectivity index (χ1n) is 6.98. The second-order valence-corrected chi connectivity index (χ2v) is 6.17. The second kappa shape index (κ2) is 5.93. The van der Waals surface area contributed by atoms with Crippen LogP contribution in [0.4, 0.5) is 0 Å². The maximum Gasteiger partial charge on any atom is 0.214 e. The summed E-state index contributed by atoms with van der Waals surface area (Å²) in [5.74, 6) is 0. The molecule has 3 rings (SSSR count). The van der Waals surface area contributed by atoms with Gasteiger partial charge in [-0.3, -0.25) is 0 Å². The average molecular weight is 290 g/mol. The van der Waals surface area contributed by atoms with E-state index in [1.807, 2.05) is 28.9 Å². The topological polar surface area (TPSA) is 63.8 Å². The van der Waals surface area contributed by atoms with Crippen LogP contribution in [0.3, 0.4) is 0 Å². The van der Waals surface area contributed by atoms with E-state index in [-0.39, 0.29) is 0 Å². The number of hydrogen-bond acceptors (Lipinski definition) is 5. The Kier molecular flexibility index (Phi) is 4.03. The van der Waals surface area contributed by atoms with Gasteiger partial charge in [0, 0.05) is 4.90 Å². The Morgan fingerprint density at radius 3 is 2.80 bits per heavy atom. The molecule has 0 aliphatic heterocycles. The maximum atomic E-state index is 9.84. The highest BCUT2D eigenvalue weighted by molar-refractivity contribution is 7.99. The Balaban J connectivity index is 1.87. The van der Waals surface area contributed by atoms with Crippen LogP contribution in [0.25, 0.3) is 0 Å². The molecule has 0 unspecified atom stereocenters. The van der Waals surface area contributed by atoms with Gasteiger partial charge in [-0.25, -0.2) is 4.68 Å². The lowest BCUT2D eigenvalue weighted by Crippen LogP contribution is -2.08. The molecule has 0 spiro atoms. The zero-order chi connectivity index (χ0) is 13.9. The van der Waals surface area contributed by atoms with Crippen LogP contribution in [0.1, 0.15) is 50.3 Å². The number of hydrogen-bond donors (Lipinski definition) is 1. The highest BCUT2D eigenvalue weighted by Gasteiger charge is 2.22. The summed E-state index contributed by atoms with van der Waals surface area (Å²) in [7, 11) is 0. The van der Waals surface area contributed by atoms with Crippen molar-refractivity contribution in [3.63, 3.8) is 0 Å². The van der Waals surface area contributed by atoms with E-state index >= 15 is 0 Å². The van der Waals surface area contributed by atoms with Crippen molar-refractivity contribution < 1.29 is 5.11 Å². The van der Waals surface area contributed by atoms with Gasteiger partial charge < -0.3 is 5.11 Å². The van der Waals surface area contributed by atoms with Gasteiger partial charge in [0.1, 0.15) is 0 Å². The number of nitrogens with zero attached hydrogens (tertiary/aromatic N) is 4. The predicted octanol–water partition coefficient (Wildman–Crippen LogP) is 2.99.